The minimum absolute atomic E-state index is 0.0211. The molecule has 0 unspecified atom stereocenters. The number of esters is 1. The molecule has 0 aromatic rings. The van der Waals surface area contributed by atoms with Gasteiger partial charge in [-0.15, -0.1) is 0 Å². The lowest BCUT2D eigenvalue weighted by Crippen LogP contribution is -2.47. The van der Waals surface area contributed by atoms with Crippen LogP contribution in [0.3, 0.4) is 0 Å². The number of hydrogen-bond acceptors (Lipinski definition) is 6. The first kappa shape index (κ1) is 20.6. The van der Waals surface area contributed by atoms with Gasteiger partial charge in [0.05, 0.1) is 17.6 Å². The molecule has 2 N–H and O–H groups in total. The van der Waals surface area contributed by atoms with Crippen molar-refractivity contribution in [1.82, 2.24) is 5.32 Å². The third-order valence-corrected chi connectivity index (χ3v) is 4.18. The Morgan fingerprint density at radius 2 is 1.82 bits per heavy atom. The second kappa shape index (κ2) is 10.4. The maximum Gasteiger partial charge on any atom is 0.328 e. The predicted octanol–water partition coefficient (Wildman–Crippen LogP) is 1.81. The van der Waals surface area contributed by atoms with Gasteiger partial charge in [-0.25, -0.2) is 4.79 Å². The molecular weight excluding hydrogens is 304 g/mol. The number of rotatable bonds is 10. The third kappa shape index (κ3) is 7.59. The lowest BCUT2D eigenvalue weighted by Gasteiger charge is -2.23. The summed E-state index contributed by atoms with van der Waals surface area (Å²) >= 11 is 1.42. The van der Waals surface area contributed by atoms with Crippen molar-refractivity contribution in [3.8, 4) is 0 Å². The number of amides is 1. The summed E-state index contributed by atoms with van der Waals surface area (Å²) in [6.07, 6.45) is 2.40. The van der Waals surface area contributed by atoms with Gasteiger partial charge in [-0.1, -0.05) is 13.8 Å². The number of carbonyl (C=O) groups excluding carboxylic acids is 3. The Morgan fingerprint density at radius 3 is 2.23 bits per heavy atom. The van der Waals surface area contributed by atoms with Gasteiger partial charge in [0.15, 0.2) is 5.78 Å². The molecule has 2 atom stereocenters. The number of thioether (sulfide) groups is 1. The van der Waals surface area contributed by atoms with Crippen LogP contribution in [-0.2, 0) is 19.1 Å². The zero-order chi connectivity index (χ0) is 17.3. The molecule has 22 heavy (non-hydrogen) atoms. The molecule has 0 saturated carbocycles. The molecule has 0 aliphatic rings. The van der Waals surface area contributed by atoms with Crippen LogP contribution in [0.25, 0.3) is 0 Å². The minimum Gasteiger partial charge on any atom is -0.461 e. The Labute approximate surface area is 136 Å². The van der Waals surface area contributed by atoms with Gasteiger partial charge in [0, 0.05) is 6.42 Å². The minimum atomic E-state index is -0.868. The van der Waals surface area contributed by atoms with Gasteiger partial charge in [-0.2, -0.15) is 11.8 Å². The molecule has 0 aliphatic carbocycles. The molecule has 0 heterocycles. The summed E-state index contributed by atoms with van der Waals surface area (Å²) in [4.78, 5) is 35.6. The van der Waals surface area contributed by atoms with Gasteiger partial charge in [-0.05, 0) is 32.4 Å². The van der Waals surface area contributed by atoms with Gasteiger partial charge in [0.2, 0.25) is 5.91 Å². The monoisotopic (exact) mass is 330 g/mol. The zero-order valence-electron chi connectivity index (χ0n) is 13.8. The lowest BCUT2D eigenvalue weighted by molar-refractivity contribution is -0.151. The van der Waals surface area contributed by atoms with Crippen LogP contribution in [-0.4, -0.2) is 47.5 Å². The molecule has 0 saturated heterocycles. The van der Waals surface area contributed by atoms with Crippen LogP contribution in [0.1, 0.15) is 40.5 Å². The molecule has 0 aromatic carbocycles. The molecule has 0 radical (unpaired) electrons. The average Bonchev–Trinajstić information content (AvgIpc) is 2.42. The van der Waals surface area contributed by atoms with Crippen molar-refractivity contribution in [3.05, 3.63) is 0 Å². The van der Waals surface area contributed by atoms with E-state index < -0.39 is 12.0 Å². The van der Waals surface area contributed by atoms with E-state index in [1.807, 2.05) is 20.1 Å². The smallest absolute Gasteiger partial charge is 0.328 e. The molecule has 7 heteroatoms. The van der Waals surface area contributed by atoms with Crippen molar-refractivity contribution in [3.63, 3.8) is 0 Å². The molecule has 0 aliphatic heterocycles. The number of ether oxygens (including phenoxy) is 1. The summed E-state index contributed by atoms with van der Waals surface area (Å²) < 4.78 is 5.12. The van der Waals surface area contributed by atoms with E-state index in [1.54, 1.807) is 13.8 Å². The van der Waals surface area contributed by atoms with E-state index in [1.165, 1.54) is 11.8 Å². The number of ketones is 1. The van der Waals surface area contributed by atoms with Crippen molar-refractivity contribution in [2.45, 2.75) is 57.9 Å². The first-order valence-corrected chi connectivity index (χ1v) is 8.58. The van der Waals surface area contributed by atoms with Crippen LogP contribution in [0, 0.1) is 11.3 Å². The zero-order valence-corrected chi connectivity index (χ0v) is 14.7. The second-order valence-electron chi connectivity index (χ2n) is 5.60. The highest BCUT2D eigenvalue weighted by Crippen LogP contribution is 2.17. The Morgan fingerprint density at radius 1 is 1.23 bits per heavy atom. The number of hydrogen-bond donors (Lipinski definition) is 2. The Kier molecular flexibility index (Phi) is 9.73. The molecule has 0 fully saturated rings. The van der Waals surface area contributed by atoms with Crippen LogP contribution < -0.4 is 5.32 Å². The highest BCUT2D eigenvalue weighted by atomic mass is 32.2. The molecule has 0 bridgehead atoms. The number of Topliss-reactive ketones (excluding diaryl/α,β-unsaturated/α-hetero) is 1. The van der Waals surface area contributed by atoms with E-state index in [0.29, 0.717) is 6.21 Å². The third-order valence-electron chi connectivity index (χ3n) is 2.91. The van der Waals surface area contributed by atoms with Crippen molar-refractivity contribution < 1.29 is 19.1 Å². The maximum absolute atomic E-state index is 12.3. The van der Waals surface area contributed by atoms with Crippen LogP contribution in [0.5, 0.6) is 0 Å². The summed E-state index contributed by atoms with van der Waals surface area (Å²) in [6, 6.07) is -0.868. The van der Waals surface area contributed by atoms with E-state index in [2.05, 4.69) is 5.32 Å². The molecule has 0 rings (SSSR count). The summed E-state index contributed by atoms with van der Waals surface area (Å²) in [5, 5.41) is 9.29. The Bertz CT molecular complexity index is 410. The fourth-order valence-corrected chi connectivity index (χ4v) is 2.68. The lowest BCUT2D eigenvalue weighted by atomic mass is 10.1. The largest absolute Gasteiger partial charge is 0.461 e. The van der Waals surface area contributed by atoms with Crippen LogP contribution in [0.15, 0.2) is 0 Å². The summed E-state index contributed by atoms with van der Waals surface area (Å²) in [6.45, 7) is 7.30. The molecular formula is C15H26N2O4S. The van der Waals surface area contributed by atoms with Gasteiger partial charge in [-0.3, -0.25) is 9.59 Å². The van der Waals surface area contributed by atoms with Crippen LogP contribution in [0.2, 0.25) is 0 Å². The molecule has 0 aromatic heterocycles. The van der Waals surface area contributed by atoms with Crippen molar-refractivity contribution in [2.24, 2.45) is 5.92 Å². The van der Waals surface area contributed by atoms with E-state index in [9.17, 15) is 14.4 Å². The molecule has 1 amide bonds. The summed E-state index contributed by atoms with van der Waals surface area (Å²) in [7, 11) is 0. The Hall–Kier alpha value is -1.37. The van der Waals surface area contributed by atoms with E-state index >= 15 is 0 Å². The fraction of sp³-hybridized carbons (Fsp3) is 0.733. The Balaban J connectivity index is 4.90. The van der Waals surface area contributed by atoms with Gasteiger partial charge in [0.25, 0.3) is 0 Å². The highest BCUT2D eigenvalue weighted by molar-refractivity contribution is 7.99. The first-order valence-electron chi connectivity index (χ1n) is 7.29. The normalized spacial score (nSPS) is 13.6. The van der Waals surface area contributed by atoms with Gasteiger partial charge < -0.3 is 15.5 Å². The fourth-order valence-electron chi connectivity index (χ4n) is 1.86. The quantitative estimate of drug-likeness (QED) is 0.470. The second-order valence-corrected chi connectivity index (χ2v) is 6.58. The van der Waals surface area contributed by atoms with Gasteiger partial charge in [0.1, 0.15) is 6.04 Å². The van der Waals surface area contributed by atoms with Crippen molar-refractivity contribution in [2.75, 3.05) is 6.26 Å². The van der Waals surface area contributed by atoms with Crippen LogP contribution >= 0.6 is 11.8 Å². The molecule has 6 nitrogen and oxygen atoms in total. The first-order chi connectivity index (χ1) is 10.2. The molecule has 126 valence electrons. The van der Waals surface area contributed by atoms with E-state index in [0.717, 1.165) is 0 Å². The summed E-state index contributed by atoms with van der Waals surface area (Å²) in [5.41, 5.74) is 0. The van der Waals surface area contributed by atoms with Crippen LogP contribution in [0.4, 0.5) is 0 Å². The standard InChI is InChI=1S/C15H26N2O4S/c1-9(2)13(22-5)14(19)17-12(7-6-11(18)8-16)15(20)21-10(3)4/h8-10,12-13,16H,6-7H2,1-5H3,(H,17,19)/t12-,13-/m0/s1. The van der Waals surface area contributed by atoms with Gasteiger partial charge >= 0.3 is 5.97 Å². The van der Waals surface area contributed by atoms with Crippen molar-refractivity contribution >= 4 is 35.6 Å². The van der Waals surface area contributed by atoms with E-state index in [-0.39, 0.29) is 41.8 Å². The van der Waals surface area contributed by atoms with Crippen molar-refractivity contribution in [1.29, 1.82) is 5.41 Å². The summed E-state index contributed by atoms with van der Waals surface area (Å²) in [5.74, 6) is -1.05. The number of nitrogens with one attached hydrogen (secondary N) is 2. The SMILES string of the molecule is CS[C@H](C(=O)N[C@@H](CCC(=O)C=N)C(=O)OC(C)C)C(C)C. The highest BCUT2D eigenvalue weighted by Gasteiger charge is 2.28. The number of carbonyl (C=O) groups is 3. The molecule has 0 spiro atoms. The maximum atomic E-state index is 12.3. The van der Waals surface area contributed by atoms with E-state index in [4.69, 9.17) is 10.1 Å². The predicted molar refractivity (Wildman–Crippen MR) is 88.3 cm³/mol. The topological polar surface area (TPSA) is 96.3 Å². The average molecular weight is 330 g/mol.